The quantitative estimate of drug-likeness (QED) is 0.489. The van der Waals surface area contributed by atoms with Crippen molar-refractivity contribution in [2.75, 3.05) is 5.32 Å². The second-order valence-corrected chi connectivity index (χ2v) is 10.2. The summed E-state index contributed by atoms with van der Waals surface area (Å²) in [6.45, 7) is 7.25. The Balaban J connectivity index is 1.55. The van der Waals surface area contributed by atoms with Gasteiger partial charge in [0.05, 0.1) is 12.6 Å². The molecule has 0 saturated heterocycles. The molecular weight excluding hydrogens is 402 g/mol. The van der Waals surface area contributed by atoms with E-state index < -0.39 is 0 Å². The topological polar surface area (TPSA) is 37.3 Å². The van der Waals surface area contributed by atoms with E-state index in [1.807, 2.05) is 23.5 Å². The normalized spacial score (nSPS) is 17.7. The zero-order valence-corrected chi connectivity index (χ0v) is 19.5. The number of urea groups is 1. The van der Waals surface area contributed by atoms with Crippen LogP contribution in [0, 0.1) is 5.92 Å². The number of anilines is 1. The Morgan fingerprint density at radius 2 is 1.90 bits per heavy atom. The van der Waals surface area contributed by atoms with Gasteiger partial charge >= 0.3 is 6.03 Å². The van der Waals surface area contributed by atoms with Gasteiger partial charge < -0.3 is 14.8 Å². The number of rotatable bonds is 3. The van der Waals surface area contributed by atoms with Crippen molar-refractivity contribution in [1.29, 1.82) is 0 Å². The van der Waals surface area contributed by atoms with Crippen LogP contribution in [-0.2, 0) is 25.8 Å². The van der Waals surface area contributed by atoms with Crippen molar-refractivity contribution in [2.45, 2.75) is 65.5 Å². The number of hydrogen-bond acceptors (Lipinski definition) is 2. The van der Waals surface area contributed by atoms with Gasteiger partial charge in [0.2, 0.25) is 0 Å². The Labute approximate surface area is 188 Å². The average Bonchev–Trinajstić information content (AvgIpc) is 3.35. The third-order valence-corrected chi connectivity index (χ3v) is 8.07. The number of hydrogen-bond donors (Lipinski definition) is 1. The highest BCUT2D eigenvalue weighted by atomic mass is 32.1. The number of amides is 2. The first kappa shape index (κ1) is 20.4. The molecule has 0 radical (unpaired) electrons. The van der Waals surface area contributed by atoms with Crippen molar-refractivity contribution in [3.63, 3.8) is 0 Å². The predicted octanol–water partition coefficient (Wildman–Crippen LogP) is 6.72. The first-order valence-electron chi connectivity index (χ1n) is 11.5. The third kappa shape index (κ3) is 3.59. The van der Waals surface area contributed by atoms with E-state index in [0.29, 0.717) is 12.5 Å². The van der Waals surface area contributed by atoms with Crippen molar-refractivity contribution in [3.8, 4) is 5.00 Å². The maximum Gasteiger partial charge on any atom is 0.322 e. The van der Waals surface area contributed by atoms with Crippen LogP contribution in [0.25, 0.3) is 5.00 Å². The highest BCUT2D eigenvalue weighted by Gasteiger charge is 2.36. The van der Waals surface area contributed by atoms with Crippen LogP contribution in [-0.4, -0.2) is 15.5 Å². The van der Waals surface area contributed by atoms with E-state index in [1.165, 1.54) is 51.5 Å². The lowest BCUT2D eigenvalue weighted by Gasteiger charge is -2.33. The fourth-order valence-corrected chi connectivity index (χ4v) is 6.55. The van der Waals surface area contributed by atoms with Gasteiger partial charge in [-0.25, -0.2) is 4.79 Å². The monoisotopic (exact) mass is 433 g/mol. The second kappa shape index (κ2) is 8.19. The fraction of sp³-hybridized carbons (Fsp3) is 0.423. The first-order chi connectivity index (χ1) is 15.1. The molecule has 2 aliphatic rings. The molecule has 0 saturated carbocycles. The van der Waals surface area contributed by atoms with Crippen LogP contribution < -0.4 is 5.32 Å². The number of thiophene rings is 1. The number of carbonyl (C=O) groups is 1. The minimum absolute atomic E-state index is 0.0145. The number of aromatic nitrogens is 1. The predicted molar refractivity (Wildman–Crippen MR) is 128 cm³/mol. The summed E-state index contributed by atoms with van der Waals surface area (Å²) >= 11 is 1.94. The van der Waals surface area contributed by atoms with Gasteiger partial charge in [-0.05, 0) is 73.4 Å². The molecule has 1 N–H and O–H groups in total. The number of aryl methyl sites for hydroxylation is 2. The Kier molecular flexibility index (Phi) is 5.39. The van der Waals surface area contributed by atoms with Crippen LogP contribution in [0.3, 0.4) is 0 Å². The van der Waals surface area contributed by atoms with Crippen LogP contribution in [0.4, 0.5) is 10.5 Å². The number of nitrogens with one attached hydrogen (secondary N) is 1. The van der Waals surface area contributed by atoms with Crippen LogP contribution in [0.5, 0.6) is 0 Å². The van der Waals surface area contributed by atoms with E-state index in [0.717, 1.165) is 18.5 Å². The van der Waals surface area contributed by atoms with Gasteiger partial charge in [0.25, 0.3) is 0 Å². The zero-order valence-electron chi connectivity index (χ0n) is 18.6. The Bertz CT molecular complexity index is 1090. The molecule has 2 amide bonds. The summed E-state index contributed by atoms with van der Waals surface area (Å²) < 4.78 is 2.35. The number of fused-ring (bicyclic) bond motifs is 5. The molecule has 5 heteroatoms. The molecule has 0 spiro atoms. The summed E-state index contributed by atoms with van der Waals surface area (Å²) in [6.07, 6.45) is 8.01. The van der Waals surface area contributed by atoms with Gasteiger partial charge in [0.1, 0.15) is 5.00 Å². The molecule has 4 nitrogen and oxygen atoms in total. The summed E-state index contributed by atoms with van der Waals surface area (Å²) in [5.41, 5.74) is 6.21. The molecule has 162 valence electrons. The number of nitrogens with zero attached hydrogens (tertiary/aromatic N) is 2. The SMILES string of the molecule is CCc1ccc(NC(=O)N2Cc3c(sc4c3CCCC4)-n3cccc3[C@@H]2C(C)C)cc1. The lowest BCUT2D eigenvalue weighted by atomic mass is 9.94. The van der Waals surface area contributed by atoms with Crippen molar-refractivity contribution < 1.29 is 4.79 Å². The van der Waals surface area contributed by atoms with E-state index in [9.17, 15) is 4.79 Å². The third-order valence-electron chi connectivity index (χ3n) is 6.73. The van der Waals surface area contributed by atoms with E-state index in [4.69, 9.17) is 0 Å². The molecule has 2 aromatic heterocycles. The van der Waals surface area contributed by atoms with Gasteiger partial charge in [0.15, 0.2) is 0 Å². The Morgan fingerprint density at radius 1 is 1.13 bits per heavy atom. The lowest BCUT2D eigenvalue weighted by Crippen LogP contribution is -2.39. The van der Waals surface area contributed by atoms with Crippen LogP contribution >= 0.6 is 11.3 Å². The summed E-state index contributed by atoms with van der Waals surface area (Å²) in [6, 6.07) is 12.5. The minimum atomic E-state index is -0.0145. The van der Waals surface area contributed by atoms with E-state index in [-0.39, 0.29) is 12.1 Å². The van der Waals surface area contributed by atoms with Crippen molar-refractivity contribution >= 4 is 23.1 Å². The Hall–Kier alpha value is -2.53. The molecule has 0 fully saturated rings. The van der Waals surface area contributed by atoms with Crippen LogP contribution in [0.2, 0.25) is 0 Å². The maximum atomic E-state index is 13.6. The molecule has 5 rings (SSSR count). The zero-order chi connectivity index (χ0) is 21.5. The van der Waals surface area contributed by atoms with E-state index in [2.05, 4.69) is 66.0 Å². The fourth-order valence-electron chi connectivity index (χ4n) is 5.14. The molecule has 1 aliphatic carbocycles. The van der Waals surface area contributed by atoms with Crippen molar-refractivity contribution in [1.82, 2.24) is 9.47 Å². The lowest BCUT2D eigenvalue weighted by molar-refractivity contribution is 0.161. The highest BCUT2D eigenvalue weighted by molar-refractivity contribution is 7.15. The summed E-state index contributed by atoms with van der Waals surface area (Å²) in [4.78, 5) is 17.2. The average molecular weight is 434 g/mol. The number of benzene rings is 1. The first-order valence-corrected chi connectivity index (χ1v) is 12.4. The van der Waals surface area contributed by atoms with Crippen LogP contribution in [0.1, 0.15) is 66.9 Å². The molecule has 31 heavy (non-hydrogen) atoms. The van der Waals surface area contributed by atoms with E-state index in [1.54, 1.807) is 0 Å². The molecule has 0 unspecified atom stereocenters. The van der Waals surface area contributed by atoms with Gasteiger partial charge in [0, 0.05) is 28.0 Å². The molecule has 0 bridgehead atoms. The van der Waals surface area contributed by atoms with Crippen molar-refractivity contribution in [2.24, 2.45) is 5.92 Å². The number of carbonyl (C=O) groups excluding carboxylic acids is 1. The Morgan fingerprint density at radius 3 is 2.65 bits per heavy atom. The molecule has 3 aromatic rings. The molecule has 1 aromatic carbocycles. The highest BCUT2D eigenvalue weighted by Crippen LogP contribution is 2.44. The van der Waals surface area contributed by atoms with Gasteiger partial charge in [-0.15, -0.1) is 11.3 Å². The second-order valence-electron chi connectivity index (χ2n) is 9.10. The maximum absolute atomic E-state index is 13.6. The van der Waals surface area contributed by atoms with Crippen molar-refractivity contribution in [3.05, 3.63) is 69.9 Å². The summed E-state index contributed by atoms with van der Waals surface area (Å²) in [7, 11) is 0. The molecule has 1 aliphatic heterocycles. The van der Waals surface area contributed by atoms with Gasteiger partial charge in [-0.1, -0.05) is 32.9 Å². The smallest absolute Gasteiger partial charge is 0.311 e. The summed E-state index contributed by atoms with van der Waals surface area (Å²) in [5.74, 6) is 0.312. The molecule has 1 atom stereocenters. The molecular formula is C26H31N3OS. The minimum Gasteiger partial charge on any atom is -0.311 e. The van der Waals surface area contributed by atoms with E-state index >= 15 is 0 Å². The van der Waals surface area contributed by atoms with Gasteiger partial charge in [-0.2, -0.15) is 0 Å². The molecule has 3 heterocycles. The summed E-state index contributed by atoms with van der Waals surface area (Å²) in [5, 5.41) is 4.50. The largest absolute Gasteiger partial charge is 0.322 e. The van der Waals surface area contributed by atoms with Crippen LogP contribution in [0.15, 0.2) is 42.6 Å². The van der Waals surface area contributed by atoms with Gasteiger partial charge in [-0.3, -0.25) is 0 Å². The standard InChI is InChI=1S/C26H31N3OS/c1-4-18-11-13-19(14-12-18)27-26(30)29-16-21-20-8-5-6-10-23(20)31-25(21)28-15-7-9-22(28)24(29)17(2)3/h7,9,11-15,17,24H,4-6,8,10,16H2,1-3H3,(H,27,30)/t24-/m0/s1.